The van der Waals surface area contributed by atoms with Crippen molar-refractivity contribution in [2.45, 2.75) is 27.2 Å². The van der Waals surface area contributed by atoms with Gasteiger partial charge in [-0.3, -0.25) is 0 Å². The molecule has 0 bridgehead atoms. The molecule has 0 amide bonds. The van der Waals surface area contributed by atoms with E-state index in [9.17, 15) is 0 Å². The van der Waals surface area contributed by atoms with Crippen molar-refractivity contribution in [3.05, 3.63) is 41.2 Å². The van der Waals surface area contributed by atoms with Crippen molar-refractivity contribution in [1.82, 2.24) is 9.78 Å². The maximum atomic E-state index is 5.38. The van der Waals surface area contributed by atoms with E-state index < -0.39 is 0 Å². The highest BCUT2D eigenvalue weighted by atomic mass is 16.5. The van der Waals surface area contributed by atoms with Gasteiger partial charge >= 0.3 is 0 Å². The van der Waals surface area contributed by atoms with E-state index in [2.05, 4.69) is 25.9 Å². The number of rotatable bonds is 3. The Morgan fingerprint density at radius 3 is 2.53 bits per heavy atom. The van der Waals surface area contributed by atoms with Crippen LogP contribution >= 0.6 is 0 Å². The molecule has 3 heteroatoms. The Hall–Kier alpha value is -1.77. The number of benzene rings is 1. The fraction of sp³-hybridized carbons (Fsp3) is 0.357. The summed E-state index contributed by atoms with van der Waals surface area (Å²) in [5, 5.41) is 4.60. The summed E-state index contributed by atoms with van der Waals surface area (Å²) in [7, 11) is 1.69. The van der Waals surface area contributed by atoms with Gasteiger partial charge in [0, 0.05) is 5.69 Å². The van der Waals surface area contributed by atoms with Crippen LogP contribution in [0.25, 0.3) is 5.69 Å². The van der Waals surface area contributed by atoms with Crippen LogP contribution in [0, 0.1) is 13.8 Å². The molecule has 0 atom stereocenters. The standard InChI is InChI=1S/C14H18N2O/c1-5-12-10(2)15-16(11(12)3)13-8-6-7-9-14(13)17-4/h6-9H,5H2,1-4H3. The Bertz CT molecular complexity index is 529. The monoisotopic (exact) mass is 230 g/mol. The lowest BCUT2D eigenvalue weighted by Crippen LogP contribution is -2.02. The lowest BCUT2D eigenvalue weighted by Gasteiger charge is -2.09. The van der Waals surface area contributed by atoms with Crippen LogP contribution in [0.4, 0.5) is 0 Å². The maximum Gasteiger partial charge on any atom is 0.144 e. The van der Waals surface area contributed by atoms with Gasteiger partial charge in [-0.05, 0) is 38.0 Å². The first-order chi connectivity index (χ1) is 8.19. The molecule has 17 heavy (non-hydrogen) atoms. The number of hydrogen-bond donors (Lipinski definition) is 0. The minimum atomic E-state index is 0.848. The SMILES string of the molecule is CCc1c(C)nn(-c2ccccc2OC)c1C. The summed E-state index contributed by atoms with van der Waals surface area (Å²) in [5.41, 5.74) is 4.59. The zero-order valence-electron chi connectivity index (χ0n) is 10.8. The van der Waals surface area contributed by atoms with Crippen molar-refractivity contribution in [2.75, 3.05) is 7.11 Å². The summed E-state index contributed by atoms with van der Waals surface area (Å²) >= 11 is 0. The van der Waals surface area contributed by atoms with Crippen LogP contribution in [0.5, 0.6) is 5.75 Å². The molecule has 0 spiro atoms. The van der Waals surface area contributed by atoms with Crippen molar-refractivity contribution < 1.29 is 4.74 Å². The molecule has 2 aromatic rings. The van der Waals surface area contributed by atoms with Crippen LogP contribution in [-0.2, 0) is 6.42 Å². The lowest BCUT2D eigenvalue weighted by atomic mass is 10.1. The van der Waals surface area contributed by atoms with E-state index >= 15 is 0 Å². The molecular formula is C14H18N2O. The molecule has 0 aliphatic carbocycles. The van der Waals surface area contributed by atoms with Crippen molar-refractivity contribution in [3.63, 3.8) is 0 Å². The average Bonchev–Trinajstić information content (AvgIpc) is 2.64. The first-order valence-electron chi connectivity index (χ1n) is 5.87. The van der Waals surface area contributed by atoms with Crippen molar-refractivity contribution >= 4 is 0 Å². The Morgan fingerprint density at radius 1 is 1.24 bits per heavy atom. The van der Waals surface area contributed by atoms with E-state index in [-0.39, 0.29) is 0 Å². The van der Waals surface area contributed by atoms with E-state index in [1.807, 2.05) is 28.9 Å². The summed E-state index contributed by atoms with van der Waals surface area (Å²) in [6.07, 6.45) is 1.01. The van der Waals surface area contributed by atoms with Gasteiger partial charge in [-0.2, -0.15) is 5.10 Å². The van der Waals surface area contributed by atoms with Crippen LogP contribution in [0.3, 0.4) is 0 Å². The van der Waals surface area contributed by atoms with Gasteiger partial charge in [-0.25, -0.2) is 4.68 Å². The van der Waals surface area contributed by atoms with Crippen molar-refractivity contribution in [2.24, 2.45) is 0 Å². The van der Waals surface area contributed by atoms with Gasteiger partial charge in [0.05, 0.1) is 12.8 Å². The van der Waals surface area contributed by atoms with Gasteiger partial charge in [0.25, 0.3) is 0 Å². The zero-order chi connectivity index (χ0) is 12.4. The summed E-state index contributed by atoms with van der Waals surface area (Å²) in [4.78, 5) is 0. The smallest absolute Gasteiger partial charge is 0.144 e. The average molecular weight is 230 g/mol. The van der Waals surface area contributed by atoms with Crippen LogP contribution in [0.2, 0.25) is 0 Å². The molecule has 0 aliphatic heterocycles. The molecule has 0 saturated heterocycles. The summed E-state index contributed by atoms with van der Waals surface area (Å²) in [5.74, 6) is 0.848. The number of methoxy groups -OCH3 is 1. The summed E-state index contributed by atoms with van der Waals surface area (Å²) in [6.45, 7) is 6.31. The van der Waals surface area contributed by atoms with Gasteiger partial charge in [0.15, 0.2) is 0 Å². The topological polar surface area (TPSA) is 27.1 Å². The Kier molecular flexibility index (Phi) is 3.18. The quantitative estimate of drug-likeness (QED) is 0.810. The first kappa shape index (κ1) is 11.7. The van der Waals surface area contributed by atoms with Gasteiger partial charge in [-0.1, -0.05) is 19.1 Å². The minimum absolute atomic E-state index is 0.848. The molecule has 0 unspecified atom stereocenters. The molecule has 2 rings (SSSR count). The molecule has 1 aromatic heterocycles. The van der Waals surface area contributed by atoms with E-state index in [0.29, 0.717) is 0 Å². The second kappa shape index (κ2) is 4.62. The molecule has 1 heterocycles. The maximum absolute atomic E-state index is 5.38. The molecule has 0 saturated carbocycles. The highest BCUT2D eigenvalue weighted by Crippen LogP contribution is 2.25. The zero-order valence-corrected chi connectivity index (χ0v) is 10.8. The number of para-hydroxylation sites is 2. The number of aromatic nitrogens is 2. The second-order valence-electron chi connectivity index (χ2n) is 4.09. The number of ether oxygens (including phenoxy) is 1. The largest absolute Gasteiger partial charge is 0.494 e. The van der Waals surface area contributed by atoms with Crippen LogP contribution < -0.4 is 4.74 Å². The third-order valence-corrected chi connectivity index (χ3v) is 3.11. The number of nitrogens with zero attached hydrogens (tertiary/aromatic N) is 2. The van der Waals surface area contributed by atoms with E-state index in [1.54, 1.807) is 7.11 Å². The molecule has 1 aromatic carbocycles. The van der Waals surface area contributed by atoms with Crippen LogP contribution in [0.1, 0.15) is 23.9 Å². The first-order valence-corrected chi connectivity index (χ1v) is 5.87. The fourth-order valence-corrected chi connectivity index (χ4v) is 2.23. The molecule has 0 N–H and O–H groups in total. The molecule has 90 valence electrons. The lowest BCUT2D eigenvalue weighted by molar-refractivity contribution is 0.411. The summed E-state index contributed by atoms with van der Waals surface area (Å²) in [6, 6.07) is 7.95. The Balaban J connectivity index is 2.61. The third kappa shape index (κ3) is 1.93. The van der Waals surface area contributed by atoms with E-state index in [4.69, 9.17) is 4.74 Å². The summed E-state index contributed by atoms with van der Waals surface area (Å²) < 4.78 is 7.34. The predicted molar refractivity (Wildman–Crippen MR) is 69.0 cm³/mol. The van der Waals surface area contributed by atoms with Crippen LogP contribution in [0.15, 0.2) is 24.3 Å². The van der Waals surface area contributed by atoms with Crippen molar-refractivity contribution in [3.8, 4) is 11.4 Å². The van der Waals surface area contributed by atoms with Gasteiger partial charge < -0.3 is 4.74 Å². The number of aryl methyl sites for hydroxylation is 1. The normalized spacial score (nSPS) is 10.6. The molecule has 0 fully saturated rings. The molecule has 0 aliphatic rings. The van der Waals surface area contributed by atoms with E-state index in [0.717, 1.165) is 23.6 Å². The van der Waals surface area contributed by atoms with Gasteiger partial charge in [0.1, 0.15) is 11.4 Å². The van der Waals surface area contributed by atoms with Crippen LogP contribution in [-0.4, -0.2) is 16.9 Å². The molecule has 3 nitrogen and oxygen atoms in total. The Morgan fingerprint density at radius 2 is 1.94 bits per heavy atom. The molecular weight excluding hydrogens is 212 g/mol. The Labute approximate surface area is 102 Å². The second-order valence-corrected chi connectivity index (χ2v) is 4.09. The van der Waals surface area contributed by atoms with Gasteiger partial charge in [-0.15, -0.1) is 0 Å². The minimum Gasteiger partial charge on any atom is -0.494 e. The van der Waals surface area contributed by atoms with Gasteiger partial charge in [0.2, 0.25) is 0 Å². The van der Waals surface area contributed by atoms with E-state index in [1.165, 1.54) is 11.3 Å². The number of hydrogen-bond acceptors (Lipinski definition) is 2. The third-order valence-electron chi connectivity index (χ3n) is 3.11. The highest BCUT2D eigenvalue weighted by molar-refractivity contribution is 5.48. The van der Waals surface area contributed by atoms with Crippen molar-refractivity contribution in [1.29, 1.82) is 0 Å². The fourth-order valence-electron chi connectivity index (χ4n) is 2.23. The predicted octanol–water partition coefficient (Wildman–Crippen LogP) is 3.06. The molecule has 0 radical (unpaired) electrons. The highest BCUT2D eigenvalue weighted by Gasteiger charge is 2.13.